The number of rotatable bonds is 3. The van der Waals surface area contributed by atoms with Crippen molar-refractivity contribution in [3.63, 3.8) is 0 Å². The first kappa shape index (κ1) is 12.9. The fourth-order valence-electron chi connectivity index (χ4n) is 2.04. The van der Waals surface area contributed by atoms with E-state index in [9.17, 15) is 4.79 Å². The van der Waals surface area contributed by atoms with Crippen molar-refractivity contribution in [3.8, 4) is 0 Å². The number of carboxylic acid groups (broad SMARTS) is 1. The van der Waals surface area contributed by atoms with Gasteiger partial charge in [-0.1, -0.05) is 6.07 Å². The van der Waals surface area contributed by atoms with Gasteiger partial charge >= 0.3 is 5.97 Å². The van der Waals surface area contributed by atoms with Crippen LogP contribution in [0.5, 0.6) is 0 Å². The summed E-state index contributed by atoms with van der Waals surface area (Å²) in [5.74, 6) is -0.407. The Hall–Kier alpha value is -2.08. The van der Waals surface area contributed by atoms with E-state index in [1.807, 2.05) is 37.4 Å². The number of thioether (sulfide) groups is 1. The van der Waals surface area contributed by atoms with E-state index in [1.165, 1.54) is 11.8 Å². The number of nitrogens with zero attached hydrogens (tertiary/aromatic N) is 2. The maximum Gasteiger partial charge on any atom is 0.329 e. The molecular formula is C14H13N3O2S. The van der Waals surface area contributed by atoms with Crippen LogP contribution in [0.2, 0.25) is 0 Å². The van der Waals surface area contributed by atoms with Crippen LogP contribution in [-0.4, -0.2) is 39.9 Å². The Morgan fingerprint density at radius 3 is 2.95 bits per heavy atom. The van der Waals surface area contributed by atoms with E-state index in [-0.39, 0.29) is 0 Å². The molecule has 2 N–H and O–H groups in total. The number of hydrogen-bond donors (Lipinski definition) is 2. The second-order valence-electron chi connectivity index (χ2n) is 4.45. The molecule has 20 heavy (non-hydrogen) atoms. The summed E-state index contributed by atoms with van der Waals surface area (Å²) in [7, 11) is 1.87. The van der Waals surface area contributed by atoms with E-state index in [1.54, 1.807) is 0 Å². The molecule has 0 amide bonds. The standard InChI is InChI=1S/C14H13N3O2S/c1-15-9-3-5-10-8(6-9)2-4-11(16-10)13-17-12(7-20-13)14(18)19/h2-6,12,15H,7H2,1H3,(H,18,19)/t12-/m1/s1. The zero-order chi connectivity index (χ0) is 14.1. The van der Waals surface area contributed by atoms with Gasteiger partial charge in [0.05, 0.1) is 11.2 Å². The number of benzene rings is 1. The highest BCUT2D eigenvalue weighted by Gasteiger charge is 2.25. The van der Waals surface area contributed by atoms with Crippen molar-refractivity contribution in [3.05, 3.63) is 36.0 Å². The van der Waals surface area contributed by atoms with Crippen LogP contribution in [0.3, 0.4) is 0 Å². The molecule has 5 nitrogen and oxygen atoms in total. The van der Waals surface area contributed by atoms with Gasteiger partial charge in [0.25, 0.3) is 0 Å². The van der Waals surface area contributed by atoms with Gasteiger partial charge in [-0.25, -0.2) is 9.78 Å². The second-order valence-corrected chi connectivity index (χ2v) is 5.46. The van der Waals surface area contributed by atoms with Gasteiger partial charge in [-0.15, -0.1) is 11.8 Å². The SMILES string of the molecule is CNc1ccc2nc(C3=N[C@@H](C(=O)O)CS3)ccc2c1. The predicted octanol–water partition coefficient (Wildman–Crippen LogP) is 2.22. The lowest BCUT2D eigenvalue weighted by Crippen LogP contribution is -2.17. The lowest BCUT2D eigenvalue weighted by atomic mass is 10.2. The monoisotopic (exact) mass is 287 g/mol. The van der Waals surface area contributed by atoms with Crippen molar-refractivity contribution in [2.75, 3.05) is 18.1 Å². The van der Waals surface area contributed by atoms with Crippen LogP contribution in [0, 0.1) is 0 Å². The van der Waals surface area contributed by atoms with Crippen molar-refractivity contribution in [1.29, 1.82) is 0 Å². The van der Waals surface area contributed by atoms with Crippen LogP contribution in [0.15, 0.2) is 35.3 Å². The van der Waals surface area contributed by atoms with Crippen LogP contribution in [0.1, 0.15) is 5.69 Å². The van der Waals surface area contributed by atoms with Gasteiger partial charge < -0.3 is 10.4 Å². The third-order valence-corrected chi connectivity index (χ3v) is 4.20. The topological polar surface area (TPSA) is 74.6 Å². The molecule has 2 aromatic rings. The molecule has 1 aromatic carbocycles. The van der Waals surface area contributed by atoms with Crippen LogP contribution < -0.4 is 5.32 Å². The number of carbonyl (C=O) groups is 1. The Bertz CT molecular complexity index is 715. The third-order valence-electron chi connectivity index (χ3n) is 3.13. The predicted molar refractivity (Wildman–Crippen MR) is 81.7 cm³/mol. The van der Waals surface area contributed by atoms with Gasteiger partial charge in [0.2, 0.25) is 0 Å². The maximum absolute atomic E-state index is 10.9. The summed E-state index contributed by atoms with van der Waals surface area (Å²) in [5, 5.41) is 13.8. The number of aliphatic imine (C=N–C) groups is 1. The van der Waals surface area contributed by atoms with E-state index >= 15 is 0 Å². The largest absolute Gasteiger partial charge is 0.480 e. The Morgan fingerprint density at radius 2 is 2.25 bits per heavy atom. The third kappa shape index (κ3) is 2.34. The molecule has 0 spiro atoms. The molecule has 0 aliphatic carbocycles. The number of fused-ring (bicyclic) bond motifs is 1. The van der Waals surface area contributed by atoms with E-state index in [4.69, 9.17) is 5.11 Å². The normalized spacial score (nSPS) is 18.1. The molecule has 6 heteroatoms. The molecule has 1 atom stereocenters. The minimum absolute atomic E-state index is 0.475. The summed E-state index contributed by atoms with van der Waals surface area (Å²) < 4.78 is 0. The van der Waals surface area contributed by atoms with Crippen LogP contribution in [0.4, 0.5) is 5.69 Å². The molecule has 0 bridgehead atoms. The fourth-order valence-corrected chi connectivity index (χ4v) is 3.04. The minimum atomic E-state index is -0.882. The molecule has 2 heterocycles. The first-order valence-electron chi connectivity index (χ1n) is 6.20. The lowest BCUT2D eigenvalue weighted by molar-refractivity contribution is -0.137. The molecule has 0 saturated heterocycles. The highest BCUT2D eigenvalue weighted by Crippen LogP contribution is 2.25. The second kappa shape index (κ2) is 5.13. The van der Waals surface area contributed by atoms with E-state index in [0.29, 0.717) is 10.8 Å². The molecule has 1 aliphatic heterocycles. The molecular weight excluding hydrogens is 274 g/mol. The first-order valence-corrected chi connectivity index (χ1v) is 7.18. The van der Waals surface area contributed by atoms with E-state index in [0.717, 1.165) is 22.3 Å². The number of nitrogens with one attached hydrogen (secondary N) is 1. The lowest BCUT2D eigenvalue weighted by Gasteiger charge is -2.04. The number of aromatic nitrogens is 1. The molecule has 0 radical (unpaired) electrons. The molecule has 0 fully saturated rings. The molecule has 0 saturated carbocycles. The quantitative estimate of drug-likeness (QED) is 0.905. The fraction of sp³-hybridized carbons (Fsp3) is 0.214. The molecule has 102 valence electrons. The number of anilines is 1. The van der Waals surface area contributed by atoms with Gasteiger partial charge in [-0.2, -0.15) is 0 Å². The molecule has 3 rings (SSSR count). The molecule has 1 aliphatic rings. The summed E-state index contributed by atoms with van der Waals surface area (Å²) in [4.78, 5) is 19.7. The first-order chi connectivity index (χ1) is 9.67. The highest BCUT2D eigenvalue weighted by molar-refractivity contribution is 8.14. The van der Waals surface area contributed by atoms with Gasteiger partial charge in [0.1, 0.15) is 5.04 Å². The number of carboxylic acids is 1. The van der Waals surface area contributed by atoms with Crippen molar-refractivity contribution < 1.29 is 9.90 Å². The van der Waals surface area contributed by atoms with E-state index in [2.05, 4.69) is 15.3 Å². The summed E-state index contributed by atoms with van der Waals surface area (Å²) in [6.07, 6.45) is 0. The average molecular weight is 287 g/mol. The minimum Gasteiger partial charge on any atom is -0.480 e. The van der Waals surface area contributed by atoms with Crippen molar-refractivity contribution in [1.82, 2.24) is 4.98 Å². The highest BCUT2D eigenvalue weighted by atomic mass is 32.2. The van der Waals surface area contributed by atoms with Crippen molar-refractivity contribution >= 4 is 39.4 Å². The van der Waals surface area contributed by atoms with Gasteiger partial charge in [0, 0.05) is 23.9 Å². The van der Waals surface area contributed by atoms with Crippen LogP contribution in [-0.2, 0) is 4.79 Å². The van der Waals surface area contributed by atoms with Crippen molar-refractivity contribution in [2.24, 2.45) is 4.99 Å². The molecule has 0 unspecified atom stereocenters. The zero-order valence-corrected chi connectivity index (χ0v) is 11.6. The summed E-state index contributed by atoms with van der Waals surface area (Å²) >= 11 is 1.44. The van der Waals surface area contributed by atoms with E-state index < -0.39 is 12.0 Å². The molecule has 1 aromatic heterocycles. The van der Waals surface area contributed by atoms with Gasteiger partial charge in [-0.05, 0) is 24.3 Å². The number of hydrogen-bond acceptors (Lipinski definition) is 5. The van der Waals surface area contributed by atoms with Gasteiger partial charge in [0.15, 0.2) is 6.04 Å². The summed E-state index contributed by atoms with van der Waals surface area (Å²) in [5.41, 5.74) is 2.65. The number of pyridine rings is 1. The Kier molecular flexibility index (Phi) is 3.31. The van der Waals surface area contributed by atoms with Crippen LogP contribution in [0.25, 0.3) is 10.9 Å². The Balaban J connectivity index is 1.98. The van der Waals surface area contributed by atoms with Crippen molar-refractivity contribution in [2.45, 2.75) is 6.04 Å². The smallest absolute Gasteiger partial charge is 0.329 e. The summed E-state index contributed by atoms with van der Waals surface area (Å²) in [6, 6.07) is 9.14. The average Bonchev–Trinajstić information content (AvgIpc) is 2.96. The summed E-state index contributed by atoms with van der Waals surface area (Å²) in [6.45, 7) is 0. The van der Waals surface area contributed by atoms with Crippen LogP contribution >= 0.6 is 11.8 Å². The Morgan fingerprint density at radius 1 is 1.40 bits per heavy atom. The zero-order valence-electron chi connectivity index (χ0n) is 10.8. The maximum atomic E-state index is 10.9. The van der Waals surface area contributed by atoms with Gasteiger partial charge in [-0.3, -0.25) is 4.99 Å². The Labute approximate surface area is 120 Å². The number of aliphatic carboxylic acids is 1.